The lowest BCUT2D eigenvalue weighted by atomic mass is 10.1. The molecule has 0 aromatic heterocycles. The fourth-order valence-corrected chi connectivity index (χ4v) is 5.32. The van der Waals surface area contributed by atoms with Gasteiger partial charge in [0.2, 0.25) is 6.79 Å². The monoisotopic (exact) mass is 361 g/mol. The first-order valence-corrected chi connectivity index (χ1v) is 9.23. The first-order chi connectivity index (χ1) is 11.5. The van der Waals surface area contributed by atoms with Gasteiger partial charge in [0.25, 0.3) is 0 Å². The van der Waals surface area contributed by atoms with Gasteiger partial charge in [-0.15, -0.1) is 0 Å². The summed E-state index contributed by atoms with van der Waals surface area (Å²) in [6, 6.07) is 13.4. The Labute approximate surface area is 144 Å². The maximum absolute atomic E-state index is 12.8. The number of rotatable bonds is 3. The van der Waals surface area contributed by atoms with Crippen LogP contribution in [0.2, 0.25) is 5.02 Å². The Morgan fingerprint density at radius 2 is 1.79 bits per heavy atom. The Hall–Kier alpha value is -2.23. The third-order valence-corrected chi connectivity index (χ3v) is 6.87. The molecule has 0 amide bonds. The van der Waals surface area contributed by atoms with Gasteiger partial charge in [0.1, 0.15) is 0 Å². The van der Waals surface area contributed by atoms with Crippen LogP contribution in [0.15, 0.2) is 47.4 Å². The van der Waals surface area contributed by atoms with E-state index in [9.17, 15) is 13.7 Å². The maximum atomic E-state index is 12.8. The quantitative estimate of drug-likeness (QED) is 0.839. The molecule has 0 N–H and O–H groups in total. The molecule has 0 bridgehead atoms. The third kappa shape index (κ3) is 2.32. The molecule has 1 heterocycles. The number of hydrogen-bond donors (Lipinski definition) is 0. The van der Waals surface area contributed by atoms with Gasteiger partial charge < -0.3 is 9.47 Å². The van der Waals surface area contributed by atoms with Crippen LogP contribution in [-0.2, 0) is 9.84 Å². The van der Waals surface area contributed by atoms with Crippen LogP contribution in [0.5, 0.6) is 11.5 Å². The van der Waals surface area contributed by atoms with Gasteiger partial charge in [-0.25, -0.2) is 8.42 Å². The average Bonchev–Trinajstić information content (AvgIpc) is 3.15. The van der Waals surface area contributed by atoms with E-state index in [1.54, 1.807) is 18.2 Å². The zero-order valence-electron chi connectivity index (χ0n) is 12.3. The highest BCUT2D eigenvalue weighted by Gasteiger charge is 2.59. The molecule has 4 rings (SSSR count). The van der Waals surface area contributed by atoms with E-state index < -0.39 is 21.0 Å². The van der Waals surface area contributed by atoms with Crippen LogP contribution in [0.25, 0.3) is 0 Å². The van der Waals surface area contributed by atoms with E-state index in [1.807, 2.05) is 0 Å². The van der Waals surface area contributed by atoms with Gasteiger partial charge in [-0.2, -0.15) is 5.26 Å². The third-order valence-electron chi connectivity index (χ3n) is 4.38. The van der Waals surface area contributed by atoms with Gasteiger partial charge in [-0.05, 0) is 42.0 Å². The second-order valence-electron chi connectivity index (χ2n) is 5.76. The number of halogens is 1. The standard InChI is InChI=1S/C17H12ClNO4S/c18-11-2-4-12(5-3-11)24(20,21)17-13(8-19)16(17)10-1-6-14-15(7-10)23-9-22-14/h1-7,13,16-17H,9H2/t13-,16+,17+/m0/s1. The zero-order valence-corrected chi connectivity index (χ0v) is 13.9. The number of ether oxygens (including phenoxy) is 2. The molecular formula is C17H12ClNO4S. The van der Waals surface area contributed by atoms with Crippen LogP contribution in [0.3, 0.4) is 0 Å². The number of nitrogens with zero attached hydrogens (tertiary/aromatic N) is 1. The molecule has 0 unspecified atom stereocenters. The summed E-state index contributed by atoms with van der Waals surface area (Å²) >= 11 is 5.82. The van der Waals surface area contributed by atoms with E-state index in [0.717, 1.165) is 5.56 Å². The number of hydrogen-bond acceptors (Lipinski definition) is 5. The van der Waals surface area contributed by atoms with Crippen LogP contribution >= 0.6 is 11.6 Å². The summed E-state index contributed by atoms with van der Waals surface area (Å²) in [6.07, 6.45) is 0. The summed E-state index contributed by atoms with van der Waals surface area (Å²) in [5.41, 5.74) is 0.772. The fraction of sp³-hybridized carbons (Fsp3) is 0.235. The Morgan fingerprint density at radius 1 is 1.08 bits per heavy atom. The van der Waals surface area contributed by atoms with E-state index >= 15 is 0 Å². The van der Waals surface area contributed by atoms with Gasteiger partial charge in [-0.1, -0.05) is 17.7 Å². The molecule has 7 heteroatoms. The van der Waals surface area contributed by atoms with Crippen LogP contribution < -0.4 is 9.47 Å². The molecule has 2 aliphatic rings. The van der Waals surface area contributed by atoms with E-state index in [1.165, 1.54) is 24.3 Å². The van der Waals surface area contributed by atoms with Crippen molar-refractivity contribution in [2.75, 3.05) is 6.79 Å². The summed E-state index contributed by atoms with van der Waals surface area (Å²) in [6.45, 7) is 0.150. The lowest BCUT2D eigenvalue weighted by Gasteiger charge is -2.05. The number of nitriles is 1. The first-order valence-electron chi connectivity index (χ1n) is 7.31. The minimum absolute atomic E-state index is 0.150. The largest absolute Gasteiger partial charge is 0.454 e. The van der Waals surface area contributed by atoms with Crippen molar-refractivity contribution in [2.45, 2.75) is 16.1 Å². The van der Waals surface area contributed by atoms with E-state index in [0.29, 0.717) is 16.5 Å². The summed E-state index contributed by atoms with van der Waals surface area (Å²) < 4.78 is 36.3. The molecule has 2 aromatic carbocycles. The molecule has 2 aromatic rings. The van der Waals surface area contributed by atoms with Crippen LogP contribution in [0.1, 0.15) is 11.5 Å². The molecular weight excluding hydrogens is 350 g/mol. The van der Waals surface area contributed by atoms with Crippen molar-refractivity contribution in [1.82, 2.24) is 0 Å². The van der Waals surface area contributed by atoms with Crippen molar-refractivity contribution in [3.63, 3.8) is 0 Å². The van der Waals surface area contributed by atoms with Crippen LogP contribution in [0.4, 0.5) is 0 Å². The second kappa shape index (κ2) is 5.40. The molecule has 0 radical (unpaired) electrons. The highest BCUT2D eigenvalue weighted by molar-refractivity contribution is 7.92. The summed E-state index contributed by atoms with van der Waals surface area (Å²) in [4.78, 5) is 0.181. The van der Waals surface area contributed by atoms with Gasteiger partial charge >= 0.3 is 0 Å². The molecule has 1 saturated carbocycles. The highest BCUT2D eigenvalue weighted by atomic mass is 35.5. The van der Waals surface area contributed by atoms with Crippen molar-refractivity contribution >= 4 is 21.4 Å². The maximum Gasteiger partial charge on any atom is 0.231 e. The predicted molar refractivity (Wildman–Crippen MR) is 86.8 cm³/mol. The highest BCUT2D eigenvalue weighted by Crippen LogP contribution is 2.54. The Balaban J connectivity index is 1.69. The molecule has 1 aliphatic carbocycles. The molecule has 1 aliphatic heterocycles. The van der Waals surface area contributed by atoms with Gasteiger partial charge in [-0.3, -0.25) is 0 Å². The van der Waals surface area contributed by atoms with Gasteiger partial charge in [0.15, 0.2) is 21.3 Å². The second-order valence-corrected chi connectivity index (χ2v) is 8.30. The SMILES string of the molecule is N#C[C@H]1[C@@H](c2ccc3c(c2)OCO3)[C@@H]1S(=O)(=O)c1ccc(Cl)cc1. The smallest absolute Gasteiger partial charge is 0.231 e. The van der Waals surface area contributed by atoms with Crippen molar-refractivity contribution in [3.8, 4) is 17.6 Å². The molecule has 0 saturated heterocycles. The van der Waals surface area contributed by atoms with Gasteiger partial charge in [0.05, 0.1) is 22.1 Å². The predicted octanol–water partition coefficient (Wildman–Crippen LogP) is 3.15. The molecule has 5 nitrogen and oxygen atoms in total. The lowest BCUT2D eigenvalue weighted by Crippen LogP contribution is -2.10. The minimum atomic E-state index is -3.61. The van der Waals surface area contributed by atoms with E-state index in [4.69, 9.17) is 21.1 Å². The number of benzene rings is 2. The number of sulfone groups is 1. The fourth-order valence-electron chi connectivity index (χ4n) is 3.12. The molecule has 0 spiro atoms. The lowest BCUT2D eigenvalue weighted by molar-refractivity contribution is 0.174. The van der Waals surface area contributed by atoms with Crippen molar-refractivity contribution in [2.24, 2.45) is 5.92 Å². The minimum Gasteiger partial charge on any atom is -0.454 e. The zero-order chi connectivity index (χ0) is 16.9. The average molecular weight is 362 g/mol. The number of fused-ring (bicyclic) bond motifs is 1. The molecule has 3 atom stereocenters. The molecule has 122 valence electrons. The van der Waals surface area contributed by atoms with E-state index in [-0.39, 0.29) is 17.6 Å². The van der Waals surface area contributed by atoms with E-state index in [2.05, 4.69) is 6.07 Å². The van der Waals surface area contributed by atoms with Crippen LogP contribution in [-0.4, -0.2) is 20.5 Å². The van der Waals surface area contributed by atoms with Crippen molar-refractivity contribution in [3.05, 3.63) is 53.1 Å². The van der Waals surface area contributed by atoms with Crippen molar-refractivity contribution in [1.29, 1.82) is 5.26 Å². The topological polar surface area (TPSA) is 76.4 Å². The first kappa shape index (κ1) is 15.3. The Kier molecular flexibility index (Phi) is 3.44. The Bertz CT molecular complexity index is 950. The summed E-state index contributed by atoms with van der Waals surface area (Å²) in [7, 11) is -3.61. The summed E-state index contributed by atoms with van der Waals surface area (Å²) in [5, 5.41) is 9.07. The normalized spacial score (nSPS) is 24.4. The van der Waals surface area contributed by atoms with Crippen molar-refractivity contribution < 1.29 is 17.9 Å². The molecule has 1 fully saturated rings. The van der Waals surface area contributed by atoms with Crippen LogP contribution in [0, 0.1) is 17.2 Å². The van der Waals surface area contributed by atoms with Gasteiger partial charge in [0, 0.05) is 10.9 Å². The Morgan fingerprint density at radius 3 is 2.50 bits per heavy atom. The molecule has 24 heavy (non-hydrogen) atoms. The summed E-state index contributed by atoms with van der Waals surface area (Å²) in [5.74, 6) is 0.264.